The quantitative estimate of drug-likeness (QED) is 0.191. The van der Waals surface area contributed by atoms with E-state index >= 15 is 0 Å². The van der Waals surface area contributed by atoms with E-state index in [0.717, 1.165) is 59.9 Å². The Morgan fingerprint density at radius 3 is 2.39 bits per heavy atom. The second kappa shape index (κ2) is 13.3. The van der Waals surface area contributed by atoms with Gasteiger partial charge < -0.3 is 10.2 Å². The van der Waals surface area contributed by atoms with Crippen molar-refractivity contribution >= 4 is 34.8 Å². The van der Waals surface area contributed by atoms with E-state index in [1.807, 2.05) is 71.8 Å². The van der Waals surface area contributed by atoms with Crippen LogP contribution in [0.5, 0.6) is 0 Å². The van der Waals surface area contributed by atoms with Crippen LogP contribution in [0.3, 0.4) is 0 Å². The van der Waals surface area contributed by atoms with Crippen molar-refractivity contribution in [2.45, 2.75) is 52.4 Å². The minimum atomic E-state index is -0.328. The summed E-state index contributed by atoms with van der Waals surface area (Å²) in [5.41, 5.74) is 6.12. The number of anilines is 2. The number of nitrogens with one attached hydrogen (secondary N) is 2. The lowest BCUT2D eigenvalue weighted by Gasteiger charge is -2.31. The van der Waals surface area contributed by atoms with E-state index in [0.29, 0.717) is 23.1 Å². The molecule has 3 aromatic heterocycles. The Hall–Kier alpha value is -4.83. The monoisotopic (exact) mass is 633 g/mol. The molecule has 0 spiro atoms. The molecule has 236 valence electrons. The van der Waals surface area contributed by atoms with Gasteiger partial charge in [0.05, 0.1) is 11.4 Å². The van der Waals surface area contributed by atoms with Crippen molar-refractivity contribution < 1.29 is 9.59 Å². The summed E-state index contributed by atoms with van der Waals surface area (Å²) in [5.74, 6) is 1.10. The lowest BCUT2D eigenvalue weighted by molar-refractivity contribution is 0.0685. The maximum atomic E-state index is 13.1. The van der Waals surface area contributed by atoms with Gasteiger partial charge in [0.25, 0.3) is 5.91 Å². The van der Waals surface area contributed by atoms with Crippen LogP contribution in [0.4, 0.5) is 16.3 Å². The number of pyridine rings is 1. The van der Waals surface area contributed by atoms with Crippen LogP contribution in [-0.2, 0) is 11.8 Å². The summed E-state index contributed by atoms with van der Waals surface area (Å²) in [7, 11) is 0. The van der Waals surface area contributed by atoms with E-state index in [1.165, 1.54) is 16.9 Å². The molecule has 2 N–H and O–H groups in total. The molecule has 0 bridgehead atoms. The van der Waals surface area contributed by atoms with Gasteiger partial charge in [-0.15, -0.1) is 11.3 Å². The highest BCUT2D eigenvalue weighted by Gasteiger charge is 2.26. The molecule has 9 nitrogen and oxygen atoms in total. The fourth-order valence-electron chi connectivity index (χ4n) is 5.55. The first-order valence-electron chi connectivity index (χ1n) is 15.6. The Kier molecular flexibility index (Phi) is 8.99. The van der Waals surface area contributed by atoms with Gasteiger partial charge in [0.15, 0.2) is 0 Å². The summed E-state index contributed by atoms with van der Waals surface area (Å²) >= 11 is 1.47. The highest BCUT2D eigenvalue weighted by Crippen LogP contribution is 2.28. The molecule has 1 fully saturated rings. The number of benzene rings is 2. The largest absolute Gasteiger partial charge is 0.337 e. The summed E-state index contributed by atoms with van der Waals surface area (Å²) in [6.07, 6.45) is 6.31. The van der Waals surface area contributed by atoms with E-state index in [4.69, 9.17) is 5.10 Å². The Labute approximate surface area is 273 Å². The number of piperidine rings is 1. The minimum Gasteiger partial charge on any atom is -0.337 e. The van der Waals surface area contributed by atoms with Crippen LogP contribution in [-0.4, -0.2) is 49.7 Å². The lowest BCUT2D eigenvalue weighted by atomic mass is 9.90. The number of hydrogen-bond donors (Lipinski definition) is 2. The molecule has 0 unspecified atom stereocenters. The number of hydrogen-bond acceptors (Lipinski definition) is 6. The maximum Gasteiger partial charge on any atom is 0.324 e. The third-order valence-corrected chi connectivity index (χ3v) is 9.16. The van der Waals surface area contributed by atoms with Crippen LogP contribution in [0.15, 0.2) is 84.5 Å². The smallest absolute Gasteiger partial charge is 0.324 e. The van der Waals surface area contributed by atoms with Gasteiger partial charge in [0.1, 0.15) is 16.5 Å². The van der Waals surface area contributed by atoms with Crippen LogP contribution < -0.4 is 10.6 Å². The molecule has 0 radical (unpaired) electrons. The third-order valence-electron chi connectivity index (χ3n) is 8.27. The normalized spacial score (nSPS) is 13.9. The van der Waals surface area contributed by atoms with Crippen molar-refractivity contribution in [3.63, 3.8) is 0 Å². The summed E-state index contributed by atoms with van der Waals surface area (Å²) < 4.78 is 1.78. The van der Waals surface area contributed by atoms with Crippen LogP contribution in [0.1, 0.15) is 60.9 Å². The van der Waals surface area contributed by atoms with Crippen molar-refractivity contribution in [2.24, 2.45) is 5.92 Å². The standard InChI is InChI=1S/C36H39N7O2S/c1-24-7-13-29(14-8-24)43-32(21-31(41-43)36(2,3)4)40-35(45)38-28-11-9-25(10-12-28)20-26-15-18-42(19-16-26)34(44)30-23-46-33(39-30)27-6-5-17-37-22-27/h5-14,17,21-23,26H,15-16,18-20H2,1-4H3,(H2,38,40,45). The van der Waals surface area contributed by atoms with Gasteiger partial charge in [0, 0.05) is 53.6 Å². The lowest BCUT2D eigenvalue weighted by Crippen LogP contribution is -2.39. The summed E-state index contributed by atoms with van der Waals surface area (Å²) in [6.45, 7) is 9.79. The predicted octanol–water partition coefficient (Wildman–Crippen LogP) is 7.74. The molecule has 10 heteroatoms. The van der Waals surface area contributed by atoms with Gasteiger partial charge in [0.2, 0.25) is 0 Å². The number of amides is 3. The third kappa shape index (κ3) is 7.34. The van der Waals surface area contributed by atoms with E-state index in [1.54, 1.807) is 17.1 Å². The highest BCUT2D eigenvalue weighted by atomic mass is 32.1. The molecule has 0 atom stereocenters. The van der Waals surface area contributed by atoms with Crippen molar-refractivity contribution in [3.8, 4) is 16.3 Å². The van der Waals surface area contributed by atoms with Crippen LogP contribution in [0, 0.1) is 12.8 Å². The molecule has 46 heavy (non-hydrogen) atoms. The van der Waals surface area contributed by atoms with Crippen molar-refractivity contribution in [3.05, 3.63) is 107 Å². The fourth-order valence-corrected chi connectivity index (χ4v) is 6.34. The maximum absolute atomic E-state index is 13.1. The summed E-state index contributed by atoms with van der Waals surface area (Å²) in [6, 6.07) is 21.5. The Bertz CT molecular complexity index is 1800. The SMILES string of the molecule is Cc1ccc(-n2nc(C(C)(C)C)cc2NC(=O)Nc2ccc(CC3CCN(C(=O)c4csc(-c5cccnc5)n4)CC3)cc2)cc1. The average Bonchev–Trinajstić information content (AvgIpc) is 3.71. The van der Waals surface area contributed by atoms with E-state index in [9.17, 15) is 9.59 Å². The molecular weight excluding hydrogens is 595 g/mol. The zero-order valence-corrected chi connectivity index (χ0v) is 27.5. The fraction of sp³-hybridized carbons (Fsp3) is 0.306. The summed E-state index contributed by atoms with van der Waals surface area (Å²) in [4.78, 5) is 36.8. The van der Waals surface area contributed by atoms with Gasteiger partial charge >= 0.3 is 6.03 Å². The number of carbonyl (C=O) groups is 2. The van der Waals surface area contributed by atoms with Gasteiger partial charge in [-0.25, -0.2) is 14.5 Å². The van der Waals surface area contributed by atoms with E-state index in [-0.39, 0.29) is 17.4 Å². The first-order valence-corrected chi connectivity index (χ1v) is 16.5. The molecule has 0 saturated carbocycles. The first kappa shape index (κ1) is 31.2. The number of aromatic nitrogens is 4. The zero-order chi connectivity index (χ0) is 32.3. The number of thiazole rings is 1. The van der Waals surface area contributed by atoms with Gasteiger partial charge in [-0.3, -0.25) is 15.1 Å². The highest BCUT2D eigenvalue weighted by molar-refractivity contribution is 7.13. The topological polar surface area (TPSA) is 105 Å². The predicted molar refractivity (Wildman–Crippen MR) is 184 cm³/mol. The Morgan fingerprint density at radius 1 is 0.978 bits per heavy atom. The Morgan fingerprint density at radius 2 is 1.72 bits per heavy atom. The van der Waals surface area contributed by atoms with Crippen molar-refractivity contribution in [1.29, 1.82) is 0 Å². The van der Waals surface area contributed by atoms with Crippen molar-refractivity contribution in [1.82, 2.24) is 24.6 Å². The molecule has 2 aromatic carbocycles. The second-order valence-corrected chi connectivity index (χ2v) is 13.8. The number of aryl methyl sites for hydroxylation is 1. The van der Waals surface area contributed by atoms with E-state index in [2.05, 4.69) is 53.5 Å². The first-order chi connectivity index (χ1) is 22.1. The molecule has 1 aliphatic rings. The average molecular weight is 634 g/mol. The molecule has 4 heterocycles. The molecule has 0 aliphatic carbocycles. The number of nitrogens with zero attached hydrogens (tertiary/aromatic N) is 5. The molecular formula is C36H39N7O2S. The van der Waals surface area contributed by atoms with E-state index < -0.39 is 0 Å². The number of carbonyl (C=O) groups excluding carboxylic acids is 2. The molecule has 6 rings (SSSR count). The minimum absolute atomic E-state index is 0.00455. The zero-order valence-electron chi connectivity index (χ0n) is 26.7. The second-order valence-electron chi connectivity index (χ2n) is 12.9. The summed E-state index contributed by atoms with van der Waals surface area (Å²) in [5, 5.41) is 13.4. The van der Waals surface area contributed by atoms with Gasteiger partial charge in [-0.05, 0) is 74.1 Å². The molecule has 3 amide bonds. The van der Waals surface area contributed by atoms with Gasteiger partial charge in [-0.1, -0.05) is 50.6 Å². The molecule has 5 aromatic rings. The van der Waals surface area contributed by atoms with Crippen LogP contribution in [0.25, 0.3) is 16.3 Å². The molecule has 1 saturated heterocycles. The number of rotatable bonds is 7. The molecule has 1 aliphatic heterocycles. The number of urea groups is 1. The van der Waals surface area contributed by atoms with Crippen LogP contribution >= 0.6 is 11.3 Å². The van der Waals surface area contributed by atoms with Crippen molar-refractivity contribution in [2.75, 3.05) is 23.7 Å². The van der Waals surface area contributed by atoms with Gasteiger partial charge in [-0.2, -0.15) is 5.10 Å². The Balaban J connectivity index is 1.01. The van der Waals surface area contributed by atoms with Crippen LogP contribution in [0.2, 0.25) is 0 Å². The number of likely N-dealkylation sites (tertiary alicyclic amines) is 1.